The molecular formula is C10H21N3O3S. The monoisotopic (exact) mass is 263 g/mol. The molecule has 0 saturated carbocycles. The van der Waals surface area contributed by atoms with E-state index in [9.17, 15) is 13.2 Å². The Hall–Kier alpha value is -0.660. The second-order valence-electron chi connectivity index (χ2n) is 4.57. The Bertz CT molecular complexity index is 367. The van der Waals surface area contributed by atoms with Crippen LogP contribution in [0.4, 0.5) is 0 Å². The lowest BCUT2D eigenvalue weighted by Gasteiger charge is -2.33. The zero-order valence-corrected chi connectivity index (χ0v) is 11.4. The number of carbonyl (C=O) groups is 1. The van der Waals surface area contributed by atoms with Gasteiger partial charge < -0.3 is 5.32 Å². The molecule has 100 valence electrons. The van der Waals surface area contributed by atoms with Crippen molar-refractivity contribution in [2.24, 2.45) is 5.92 Å². The van der Waals surface area contributed by atoms with Crippen LogP contribution in [0, 0.1) is 5.92 Å². The Kier molecular flexibility index (Phi) is 4.91. The molecule has 1 aliphatic rings. The first-order valence-corrected chi connectivity index (χ1v) is 7.36. The minimum atomic E-state index is -3.55. The summed E-state index contributed by atoms with van der Waals surface area (Å²) in [6, 6.07) is -0.589. The fraction of sp³-hybridized carbons (Fsp3) is 0.900. The van der Waals surface area contributed by atoms with E-state index in [1.807, 2.05) is 13.8 Å². The van der Waals surface area contributed by atoms with E-state index >= 15 is 0 Å². The molecular weight excluding hydrogens is 242 g/mol. The van der Waals surface area contributed by atoms with Gasteiger partial charge in [-0.2, -0.15) is 12.7 Å². The van der Waals surface area contributed by atoms with Crippen LogP contribution >= 0.6 is 0 Å². The summed E-state index contributed by atoms with van der Waals surface area (Å²) in [7, 11) is -3.55. The largest absolute Gasteiger partial charge is 0.353 e. The summed E-state index contributed by atoms with van der Waals surface area (Å²) in [5.74, 6) is 0.0251. The van der Waals surface area contributed by atoms with Gasteiger partial charge >= 0.3 is 0 Å². The first-order chi connectivity index (χ1) is 7.88. The zero-order valence-electron chi connectivity index (χ0n) is 10.6. The molecule has 0 bridgehead atoms. The van der Waals surface area contributed by atoms with Gasteiger partial charge in [-0.3, -0.25) is 4.79 Å². The van der Waals surface area contributed by atoms with Crippen LogP contribution in [0.25, 0.3) is 0 Å². The van der Waals surface area contributed by atoms with Gasteiger partial charge in [0, 0.05) is 19.6 Å². The molecule has 1 heterocycles. The van der Waals surface area contributed by atoms with Crippen molar-refractivity contribution in [1.29, 1.82) is 0 Å². The van der Waals surface area contributed by atoms with Crippen molar-refractivity contribution in [2.75, 3.05) is 19.6 Å². The Labute approximate surface area is 103 Å². The maximum atomic E-state index is 12.0. The van der Waals surface area contributed by atoms with E-state index in [1.54, 1.807) is 6.92 Å². The molecule has 1 aliphatic heterocycles. The van der Waals surface area contributed by atoms with Gasteiger partial charge in [0.2, 0.25) is 5.91 Å². The predicted octanol–water partition coefficient (Wildman–Crippen LogP) is -0.313. The van der Waals surface area contributed by atoms with E-state index in [0.29, 0.717) is 26.1 Å². The molecule has 0 aromatic heterocycles. The second kappa shape index (κ2) is 5.79. The fourth-order valence-electron chi connectivity index (χ4n) is 1.73. The van der Waals surface area contributed by atoms with E-state index in [1.165, 1.54) is 4.31 Å². The van der Waals surface area contributed by atoms with Crippen molar-refractivity contribution in [1.82, 2.24) is 14.3 Å². The summed E-state index contributed by atoms with van der Waals surface area (Å²) in [4.78, 5) is 11.6. The first-order valence-electron chi connectivity index (χ1n) is 5.92. The number of piperazine rings is 1. The average molecular weight is 263 g/mol. The zero-order chi connectivity index (χ0) is 13.1. The molecule has 0 spiro atoms. The summed E-state index contributed by atoms with van der Waals surface area (Å²) in [6.45, 7) is 6.76. The molecule has 17 heavy (non-hydrogen) atoms. The predicted molar refractivity (Wildman–Crippen MR) is 65.6 cm³/mol. The highest BCUT2D eigenvalue weighted by Crippen LogP contribution is 2.12. The highest BCUT2D eigenvalue weighted by atomic mass is 32.2. The SMILES string of the molecule is CCC1C(=O)NCCN1S(=O)(=O)NCC(C)C. The number of hydrogen-bond donors (Lipinski definition) is 2. The van der Waals surface area contributed by atoms with E-state index in [0.717, 1.165) is 0 Å². The topological polar surface area (TPSA) is 78.5 Å². The van der Waals surface area contributed by atoms with E-state index < -0.39 is 16.3 Å². The van der Waals surface area contributed by atoms with Crippen LogP contribution in [0.3, 0.4) is 0 Å². The Morgan fingerprint density at radius 3 is 2.71 bits per heavy atom. The normalized spacial score (nSPS) is 22.8. The van der Waals surface area contributed by atoms with E-state index in [4.69, 9.17) is 0 Å². The van der Waals surface area contributed by atoms with Crippen molar-refractivity contribution in [3.8, 4) is 0 Å². The summed E-state index contributed by atoms with van der Waals surface area (Å²) in [5, 5.41) is 2.68. The van der Waals surface area contributed by atoms with Crippen LogP contribution < -0.4 is 10.0 Å². The van der Waals surface area contributed by atoms with Crippen molar-refractivity contribution in [3.63, 3.8) is 0 Å². The lowest BCUT2D eigenvalue weighted by molar-refractivity contribution is -0.126. The molecule has 0 aliphatic carbocycles. The molecule has 1 atom stereocenters. The number of nitrogens with one attached hydrogen (secondary N) is 2. The highest BCUT2D eigenvalue weighted by Gasteiger charge is 2.36. The van der Waals surface area contributed by atoms with Crippen LogP contribution in [0.5, 0.6) is 0 Å². The van der Waals surface area contributed by atoms with Crippen LogP contribution in [0.15, 0.2) is 0 Å². The molecule has 1 rings (SSSR count). The maximum absolute atomic E-state index is 12.0. The minimum Gasteiger partial charge on any atom is -0.353 e. The van der Waals surface area contributed by atoms with Gasteiger partial charge in [-0.15, -0.1) is 0 Å². The number of hydrogen-bond acceptors (Lipinski definition) is 3. The van der Waals surface area contributed by atoms with Crippen molar-refractivity contribution in [3.05, 3.63) is 0 Å². The van der Waals surface area contributed by atoms with E-state index in [-0.39, 0.29) is 11.8 Å². The first kappa shape index (κ1) is 14.4. The van der Waals surface area contributed by atoms with Gasteiger partial charge in [-0.25, -0.2) is 4.72 Å². The molecule has 1 unspecified atom stereocenters. The summed E-state index contributed by atoms with van der Waals surface area (Å²) < 4.78 is 27.9. The van der Waals surface area contributed by atoms with Crippen LogP contribution in [0.1, 0.15) is 27.2 Å². The van der Waals surface area contributed by atoms with Crippen LogP contribution in [-0.4, -0.2) is 44.3 Å². The fourth-order valence-corrected chi connectivity index (χ4v) is 3.35. The van der Waals surface area contributed by atoms with Gasteiger partial charge in [0.1, 0.15) is 6.04 Å². The maximum Gasteiger partial charge on any atom is 0.280 e. The van der Waals surface area contributed by atoms with E-state index in [2.05, 4.69) is 10.0 Å². The number of rotatable bonds is 5. The Balaban J connectivity index is 2.77. The molecule has 0 radical (unpaired) electrons. The van der Waals surface area contributed by atoms with Gasteiger partial charge in [0.25, 0.3) is 10.2 Å². The molecule has 7 heteroatoms. The quantitative estimate of drug-likeness (QED) is 0.714. The standard InChI is InChI=1S/C10H21N3O3S/c1-4-9-10(14)11-5-6-13(9)17(15,16)12-7-8(2)3/h8-9,12H,4-7H2,1-3H3,(H,11,14). The molecule has 2 N–H and O–H groups in total. The van der Waals surface area contributed by atoms with Crippen LogP contribution in [-0.2, 0) is 15.0 Å². The van der Waals surface area contributed by atoms with Crippen molar-refractivity contribution in [2.45, 2.75) is 33.2 Å². The van der Waals surface area contributed by atoms with Gasteiger partial charge in [-0.1, -0.05) is 20.8 Å². The van der Waals surface area contributed by atoms with Gasteiger partial charge in [0.15, 0.2) is 0 Å². The smallest absolute Gasteiger partial charge is 0.280 e. The molecule has 1 fully saturated rings. The van der Waals surface area contributed by atoms with Gasteiger partial charge in [-0.05, 0) is 12.3 Å². The lowest BCUT2D eigenvalue weighted by atomic mass is 10.2. The molecule has 1 amide bonds. The third kappa shape index (κ3) is 3.65. The summed E-state index contributed by atoms with van der Waals surface area (Å²) in [5.41, 5.74) is 0. The van der Waals surface area contributed by atoms with Gasteiger partial charge in [0.05, 0.1) is 0 Å². The third-order valence-electron chi connectivity index (χ3n) is 2.65. The second-order valence-corrected chi connectivity index (χ2v) is 6.28. The summed E-state index contributed by atoms with van der Waals surface area (Å²) >= 11 is 0. The molecule has 6 nitrogen and oxygen atoms in total. The Morgan fingerprint density at radius 2 is 2.18 bits per heavy atom. The van der Waals surface area contributed by atoms with Crippen molar-refractivity contribution < 1.29 is 13.2 Å². The minimum absolute atomic E-state index is 0.214. The molecule has 1 saturated heterocycles. The lowest BCUT2D eigenvalue weighted by Crippen LogP contribution is -2.59. The highest BCUT2D eigenvalue weighted by molar-refractivity contribution is 7.87. The number of amides is 1. The molecule has 0 aromatic carbocycles. The Morgan fingerprint density at radius 1 is 1.53 bits per heavy atom. The number of nitrogens with zero attached hydrogens (tertiary/aromatic N) is 1. The molecule has 0 aromatic rings. The average Bonchev–Trinajstić information content (AvgIpc) is 2.26. The number of carbonyl (C=O) groups excluding carboxylic acids is 1. The summed E-state index contributed by atoms with van der Waals surface area (Å²) in [6.07, 6.45) is 0.481. The van der Waals surface area contributed by atoms with Crippen molar-refractivity contribution >= 4 is 16.1 Å². The van der Waals surface area contributed by atoms with Crippen LogP contribution in [0.2, 0.25) is 0 Å². The third-order valence-corrected chi connectivity index (χ3v) is 4.24.